The van der Waals surface area contributed by atoms with Gasteiger partial charge >= 0.3 is 0 Å². The highest BCUT2D eigenvalue weighted by Crippen LogP contribution is 2.18. The van der Waals surface area contributed by atoms with Crippen LogP contribution in [-0.4, -0.2) is 29.6 Å². The molecule has 0 saturated carbocycles. The van der Waals surface area contributed by atoms with Crippen LogP contribution in [0.3, 0.4) is 0 Å². The molecule has 1 rings (SSSR count). The lowest BCUT2D eigenvalue weighted by atomic mass is 9.98. The first-order valence-electron chi connectivity index (χ1n) is 5.04. The molecule has 1 amide bonds. The summed E-state index contributed by atoms with van der Waals surface area (Å²) < 4.78 is 0. The maximum Gasteiger partial charge on any atom is 0.225 e. The summed E-state index contributed by atoms with van der Waals surface area (Å²) in [4.78, 5) is 13.7. The highest BCUT2D eigenvalue weighted by Gasteiger charge is 2.25. The lowest BCUT2D eigenvalue weighted by molar-refractivity contribution is -0.138. The highest BCUT2D eigenvalue weighted by atomic mass is 32.1. The van der Waals surface area contributed by atoms with Gasteiger partial charge in [-0.05, 0) is 24.5 Å². The van der Waals surface area contributed by atoms with Gasteiger partial charge in [0, 0.05) is 19.0 Å². The normalized spacial score (nSPS) is 26.2. The number of amides is 1. The Hall–Kier alpha value is -0.180. The van der Waals surface area contributed by atoms with Crippen LogP contribution < -0.4 is 0 Å². The summed E-state index contributed by atoms with van der Waals surface area (Å²) in [5, 5.41) is 0. The van der Waals surface area contributed by atoms with Crippen LogP contribution in [0.2, 0.25) is 0 Å². The second kappa shape index (κ2) is 4.89. The van der Waals surface area contributed by atoms with Gasteiger partial charge in [0.15, 0.2) is 0 Å². The van der Waals surface area contributed by atoms with Crippen LogP contribution in [0, 0.1) is 11.8 Å². The van der Waals surface area contributed by atoms with Crippen molar-refractivity contribution >= 4 is 18.5 Å². The minimum absolute atomic E-state index is 0.237. The van der Waals surface area contributed by atoms with Gasteiger partial charge in [0.1, 0.15) is 0 Å². The number of nitrogens with zero attached hydrogens (tertiary/aromatic N) is 1. The molecule has 1 fully saturated rings. The summed E-state index contributed by atoms with van der Waals surface area (Å²) in [7, 11) is 0. The van der Waals surface area contributed by atoms with E-state index in [9.17, 15) is 4.79 Å². The molecular weight excluding hydrogens is 182 g/mol. The first kappa shape index (κ1) is 10.9. The molecule has 1 saturated heterocycles. The van der Waals surface area contributed by atoms with Crippen molar-refractivity contribution in [1.82, 2.24) is 4.90 Å². The predicted octanol–water partition coefficient (Wildman–Crippen LogP) is 1.81. The third-order valence-corrected chi connectivity index (χ3v) is 3.27. The zero-order valence-corrected chi connectivity index (χ0v) is 9.39. The number of hydrogen-bond acceptors (Lipinski definition) is 2. The molecule has 0 aliphatic carbocycles. The van der Waals surface area contributed by atoms with E-state index in [1.165, 1.54) is 0 Å². The van der Waals surface area contributed by atoms with Gasteiger partial charge in [-0.3, -0.25) is 4.79 Å². The Kier molecular flexibility index (Phi) is 4.10. The minimum atomic E-state index is 0.237. The fourth-order valence-corrected chi connectivity index (χ4v) is 1.86. The summed E-state index contributed by atoms with van der Waals surface area (Å²) in [6, 6.07) is 0. The van der Waals surface area contributed by atoms with Crippen LogP contribution >= 0.6 is 12.6 Å². The second-order valence-corrected chi connectivity index (χ2v) is 4.48. The number of rotatable bonds is 3. The summed E-state index contributed by atoms with van der Waals surface area (Å²) in [5.41, 5.74) is 0. The van der Waals surface area contributed by atoms with Crippen molar-refractivity contribution in [1.29, 1.82) is 0 Å². The Balaban J connectivity index is 2.44. The molecule has 2 unspecified atom stereocenters. The van der Waals surface area contributed by atoms with E-state index < -0.39 is 0 Å². The van der Waals surface area contributed by atoms with Crippen LogP contribution in [0.1, 0.15) is 26.7 Å². The number of thiol groups is 1. The van der Waals surface area contributed by atoms with Crippen LogP contribution in [0.25, 0.3) is 0 Å². The van der Waals surface area contributed by atoms with E-state index in [-0.39, 0.29) is 5.92 Å². The third kappa shape index (κ3) is 2.90. The van der Waals surface area contributed by atoms with Gasteiger partial charge in [-0.1, -0.05) is 13.8 Å². The van der Waals surface area contributed by atoms with Gasteiger partial charge in [-0.2, -0.15) is 12.6 Å². The summed E-state index contributed by atoms with van der Waals surface area (Å²) in [5.74, 6) is 1.94. The van der Waals surface area contributed by atoms with Crippen LogP contribution in [0.5, 0.6) is 0 Å². The van der Waals surface area contributed by atoms with Gasteiger partial charge in [0.05, 0.1) is 0 Å². The first-order chi connectivity index (χ1) is 6.15. The molecular formula is C10H19NOS. The number of hydrogen-bond donors (Lipinski definition) is 1. The average molecular weight is 201 g/mol. The van der Waals surface area contributed by atoms with E-state index in [2.05, 4.69) is 19.6 Å². The molecule has 2 nitrogen and oxygen atoms in total. The van der Waals surface area contributed by atoms with Crippen molar-refractivity contribution < 1.29 is 4.79 Å². The SMILES string of the molecule is CC(CS)CN1CCCC(C)C1=O. The third-order valence-electron chi connectivity index (χ3n) is 2.64. The van der Waals surface area contributed by atoms with Gasteiger partial charge in [0.25, 0.3) is 0 Å². The standard InChI is InChI=1S/C10H19NOS/c1-8(7-13)6-11-5-3-4-9(2)10(11)12/h8-9,13H,3-7H2,1-2H3. The fourth-order valence-electron chi connectivity index (χ4n) is 1.75. The Morgan fingerprint density at radius 2 is 2.38 bits per heavy atom. The lowest BCUT2D eigenvalue weighted by Crippen LogP contribution is -2.42. The maximum absolute atomic E-state index is 11.7. The Morgan fingerprint density at radius 3 is 3.00 bits per heavy atom. The molecule has 1 heterocycles. The molecule has 76 valence electrons. The molecule has 1 aliphatic rings. The number of likely N-dealkylation sites (tertiary alicyclic amines) is 1. The topological polar surface area (TPSA) is 20.3 Å². The van der Waals surface area contributed by atoms with Crippen LogP contribution in [-0.2, 0) is 4.79 Å². The second-order valence-electron chi connectivity index (χ2n) is 4.12. The Bertz CT molecular complexity index is 184. The molecule has 1 aliphatic heterocycles. The number of carbonyl (C=O) groups is 1. The van der Waals surface area contributed by atoms with Crippen molar-refractivity contribution in [3.8, 4) is 0 Å². The van der Waals surface area contributed by atoms with Gasteiger partial charge in [-0.25, -0.2) is 0 Å². The van der Waals surface area contributed by atoms with E-state index in [1.54, 1.807) is 0 Å². The van der Waals surface area contributed by atoms with Crippen molar-refractivity contribution in [3.63, 3.8) is 0 Å². The van der Waals surface area contributed by atoms with Gasteiger partial charge in [-0.15, -0.1) is 0 Å². The van der Waals surface area contributed by atoms with Crippen molar-refractivity contribution in [2.24, 2.45) is 11.8 Å². The van der Waals surface area contributed by atoms with E-state index in [0.29, 0.717) is 11.8 Å². The molecule has 0 N–H and O–H groups in total. The number of carbonyl (C=O) groups excluding carboxylic acids is 1. The lowest BCUT2D eigenvalue weighted by Gasteiger charge is -2.32. The summed E-state index contributed by atoms with van der Waals surface area (Å²) >= 11 is 4.23. The van der Waals surface area contributed by atoms with Gasteiger partial charge in [0.2, 0.25) is 5.91 Å². The molecule has 0 aromatic heterocycles. The molecule has 3 heteroatoms. The molecule has 0 aromatic rings. The molecule has 13 heavy (non-hydrogen) atoms. The Morgan fingerprint density at radius 1 is 1.69 bits per heavy atom. The van der Waals surface area contributed by atoms with Crippen LogP contribution in [0.4, 0.5) is 0 Å². The zero-order valence-electron chi connectivity index (χ0n) is 8.49. The minimum Gasteiger partial charge on any atom is -0.342 e. The average Bonchev–Trinajstić information content (AvgIpc) is 2.13. The Labute approximate surface area is 86.1 Å². The van der Waals surface area contributed by atoms with Crippen LogP contribution in [0.15, 0.2) is 0 Å². The summed E-state index contributed by atoms with van der Waals surface area (Å²) in [6.45, 7) is 5.99. The highest BCUT2D eigenvalue weighted by molar-refractivity contribution is 7.80. The molecule has 0 spiro atoms. The predicted molar refractivity (Wildman–Crippen MR) is 58.0 cm³/mol. The maximum atomic E-state index is 11.7. The first-order valence-corrected chi connectivity index (χ1v) is 5.68. The quantitative estimate of drug-likeness (QED) is 0.691. The molecule has 2 atom stereocenters. The van der Waals surface area contributed by atoms with E-state index >= 15 is 0 Å². The number of piperidine rings is 1. The van der Waals surface area contributed by atoms with Gasteiger partial charge < -0.3 is 4.90 Å². The van der Waals surface area contributed by atoms with Crippen molar-refractivity contribution in [2.75, 3.05) is 18.8 Å². The van der Waals surface area contributed by atoms with E-state index in [1.807, 2.05) is 11.8 Å². The fraction of sp³-hybridized carbons (Fsp3) is 0.900. The molecule has 0 aromatic carbocycles. The molecule has 0 bridgehead atoms. The summed E-state index contributed by atoms with van der Waals surface area (Å²) in [6.07, 6.45) is 2.22. The smallest absolute Gasteiger partial charge is 0.225 e. The zero-order chi connectivity index (χ0) is 9.84. The van der Waals surface area contributed by atoms with E-state index in [4.69, 9.17) is 0 Å². The monoisotopic (exact) mass is 201 g/mol. The van der Waals surface area contributed by atoms with E-state index in [0.717, 1.165) is 31.7 Å². The van der Waals surface area contributed by atoms with Crippen molar-refractivity contribution in [2.45, 2.75) is 26.7 Å². The largest absolute Gasteiger partial charge is 0.342 e. The molecule has 0 radical (unpaired) electrons. The van der Waals surface area contributed by atoms with Crippen molar-refractivity contribution in [3.05, 3.63) is 0 Å².